The lowest BCUT2D eigenvalue weighted by Crippen LogP contribution is -2.29. The van der Waals surface area contributed by atoms with Crippen molar-refractivity contribution in [2.75, 3.05) is 13.2 Å². The van der Waals surface area contributed by atoms with Crippen LogP contribution in [0.25, 0.3) is 16.6 Å². The van der Waals surface area contributed by atoms with Crippen LogP contribution in [0.3, 0.4) is 0 Å². The third-order valence-corrected chi connectivity index (χ3v) is 4.74. The van der Waals surface area contributed by atoms with Gasteiger partial charge in [-0.3, -0.25) is 14.2 Å². The van der Waals surface area contributed by atoms with Gasteiger partial charge in [0.15, 0.2) is 6.61 Å². The Hall–Kier alpha value is -3.48. The lowest BCUT2D eigenvalue weighted by atomic mass is 10.2. The quantitative estimate of drug-likeness (QED) is 0.458. The number of nitrogens with zero attached hydrogens (tertiary/aromatic N) is 2. The summed E-state index contributed by atoms with van der Waals surface area (Å²) in [5, 5.41) is 3.25. The van der Waals surface area contributed by atoms with Crippen LogP contribution in [0.15, 0.2) is 53.3 Å². The Labute approximate surface area is 174 Å². The monoisotopic (exact) mass is 407 g/mol. The second-order valence-electron chi connectivity index (χ2n) is 7.00. The molecule has 3 aromatic rings. The molecule has 0 saturated heterocycles. The Kier molecular flexibility index (Phi) is 6.95. The van der Waals surface area contributed by atoms with Crippen LogP contribution in [0.2, 0.25) is 0 Å². The van der Waals surface area contributed by atoms with Crippen molar-refractivity contribution in [3.05, 3.63) is 70.3 Å². The minimum absolute atomic E-state index is 0.173. The van der Waals surface area contributed by atoms with E-state index in [4.69, 9.17) is 4.74 Å². The van der Waals surface area contributed by atoms with E-state index in [0.717, 1.165) is 19.3 Å². The number of hydrogen-bond acceptors (Lipinski definition) is 5. The molecule has 30 heavy (non-hydrogen) atoms. The Morgan fingerprint density at radius 3 is 2.53 bits per heavy atom. The Morgan fingerprint density at radius 1 is 1.07 bits per heavy atom. The third kappa shape index (κ3) is 4.92. The third-order valence-electron chi connectivity index (χ3n) is 4.74. The maximum absolute atomic E-state index is 12.9. The van der Waals surface area contributed by atoms with Gasteiger partial charge >= 0.3 is 5.97 Å². The topological polar surface area (TPSA) is 90.3 Å². The molecule has 0 radical (unpaired) electrons. The molecule has 0 aliphatic heterocycles. The molecule has 1 amide bonds. The Bertz CT molecular complexity index is 1100. The van der Waals surface area contributed by atoms with E-state index in [0.29, 0.717) is 34.5 Å². The first-order chi connectivity index (χ1) is 14.5. The van der Waals surface area contributed by atoms with Crippen LogP contribution in [-0.2, 0) is 9.53 Å². The minimum Gasteiger partial charge on any atom is -0.452 e. The first-order valence-corrected chi connectivity index (χ1v) is 10.0. The zero-order chi connectivity index (χ0) is 21.5. The highest BCUT2D eigenvalue weighted by atomic mass is 16.5. The van der Waals surface area contributed by atoms with Gasteiger partial charge < -0.3 is 10.1 Å². The Morgan fingerprint density at radius 2 is 1.80 bits per heavy atom. The molecule has 1 aromatic heterocycles. The number of hydrogen-bond donors (Lipinski definition) is 1. The fourth-order valence-electron chi connectivity index (χ4n) is 3.16. The van der Waals surface area contributed by atoms with Gasteiger partial charge in [-0.25, -0.2) is 9.78 Å². The van der Waals surface area contributed by atoms with Crippen LogP contribution in [-0.4, -0.2) is 34.6 Å². The number of benzene rings is 2. The minimum atomic E-state index is -0.592. The summed E-state index contributed by atoms with van der Waals surface area (Å²) in [6.45, 7) is 4.10. The van der Waals surface area contributed by atoms with E-state index in [1.807, 2.05) is 6.07 Å². The highest BCUT2D eigenvalue weighted by Gasteiger charge is 2.13. The van der Waals surface area contributed by atoms with Crippen LogP contribution < -0.4 is 10.9 Å². The molecule has 2 aromatic carbocycles. The standard InChI is InChI=1S/C23H25N3O4/c1-3-4-7-14-24-21(27)15-30-23(29)17-10-12-18(13-11-17)26-16(2)25-20-9-6-5-8-19(20)22(26)28/h5-6,8-13H,3-4,7,14-15H2,1-2H3,(H,24,27). The molecule has 0 spiro atoms. The lowest BCUT2D eigenvalue weighted by molar-refractivity contribution is -0.124. The van der Waals surface area contributed by atoms with E-state index >= 15 is 0 Å². The summed E-state index contributed by atoms with van der Waals surface area (Å²) in [5.74, 6) is -0.361. The molecule has 7 heteroatoms. The molecular weight excluding hydrogens is 382 g/mol. The molecule has 7 nitrogen and oxygen atoms in total. The highest BCUT2D eigenvalue weighted by molar-refractivity contribution is 5.91. The average molecular weight is 407 g/mol. The smallest absolute Gasteiger partial charge is 0.338 e. The van der Waals surface area contributed by atoms with E-state index in [1.54, 1.807) is 49.4 Å². The molecule has 0 saturated carbocycles. The second-order valence-corrected chi connectivity index (χ2v) is 7.00. The number of aryl methyl sites for hydroxylation is 1. The predicted molar refractivity (Wildman–Crippen MR) is 115 cm³/mol. The normalized spacial score (nSPS) is 10.7. The van der Waals surface area contributed by atoms with Crippen LogP contribution in [0.1, 0.15) is 42.4 Å². The van der Waals surface area contributed by atoms with Crippen molar-refractivity contribution in [1.82, 2.24) is 14.9 Å². The summed E-state index contributed by atoms with van der Waals surface area (Å²) in [6.07, 6.45) is 3.02. The molecule has 0 atom stereocenters. The maximum atomic E-state index is 12.9. The van der Waals surface area contributed by atoms with Crippen LogP contribution in [0.5, 0.6) is 0 Å². The van der Waals surface area contributed by atoms with Gasteiger partial charge in [0.2, 0.25) is 0 Å². The van der Waals surface area contributed by atoms with E-state index < -0.39 is 5.97 Å². The number of carbonyl (C=O) groups excluding carboxylic acids is 2. The summed E-state index contributed by atoms with van der Waals surface area (Å²) in [4.78, 5) is 41.3. The molecule has 156 valence electrons. The molecule has 0 aliphatic rings. The first kappa shape index (κ1) is 21.2. The van der Waals surface area contributed by atoms with Crippen molar-refractivity contribution < 1.29 is 14.3 Å². The second kappa shape index (κ2) is 9.82. The zero-order valence-electron chi connectivity index (χ0n) is 17.2. The van der Waals surface area contributed by atoms with Crippen molar-refractivity contribution in [1.29, 1.82) is 0 Å². The predicted octanol–water partition coefficient (Wildman–Crippen LogP) is 3.16. The van der Waals surface area contributed by atoms with Gasteiger partial charge in [0, 0.05) is 6.54 Å². The summed E-state index contributed by atoms with van der Waals surface area (Å²) in [5.41, 5.74) is 1.37. The number of esters is 1. The molecule has 0 unspecified atom stereocenters. The lowest BCUT2D eigenvalue weighted by Gasteiger charge is -2.11. The largest absolute Gasteiger partial charge is 0.452 e. The summed E-state index contributed by atoms with van der Waals surface area (Å²) in [7, 11) is 0. The molecular formula is C23H25N3O4. The number of ether oxygens (including phenoxy) is 1. The first-order valence-electron chi connectivity index (χ1n) is 10.0. The van der Waals surface area contributed by atoms with Gasteiger partial charge in [-0.2, -0.15) is 0 Å². The van der Waals surface area contributed by atoms with Crippen molar-refractivity contribution in [3.63, 3.8) is 0 Å². The molecule has 0 fully saturated rings. The fourth-order valence-corrected chi connectivity index (χ4v) is 3.16. The number of aromatic nitrogens is 2. The number of fused-ring (bicyclic) bond motifs is 1. The summed E-state index contributed by atoms with van der Waals surface area (Å²) in [6, 6.07) is 13.6. The van der Waals surface area contributed by atoms with E-state index in [1.165, 1.54) is 4.57 Å². The molecule has 0 bridgehead atoms. The van der Waals surface area contributed by atoms with Crippen molar-refractivity contribution in [3.8, 4) is 5.69 Å². The van der Waals surface area contributed by atoms with Crippen molar-refractivity contribution >= 4 is 22.8 Å². The number of nitrogens with one attached hydrogen (secondary N) is 1. The van der Waals surface area contributed by atoms with Gasteiger partial charge in [-0.15, -0.1) is 0 Å². The molecule has 1 N–H and O–H groups in total. The summed E-state index contributed by atoms with van der Waals surface area (Å²) < 4.78 is 6.57. The molecule has 3 rings (SSSR count). The Balaban J connectivity index is 1.68. The number of amides is 1. The molecule has 1 heterocycles. The van der Waals surface area contributed by atoms with Gasteiger partial charge in [-0.1, -0.05) is 31.9 Å². The van der Waals surface area contributed by atoms with Gasteiger partial charge in [0.25, 0.3) is 11.5 Å². The van der Waals surface area contributed by atoms with E-state index in [2.05, 4.69) is 17.2 Å². The van der Waals surface area contributed by atoms with Gasteiger partial charge in [-0.05, 0) is 49.7 Å². The number of rotatable bonds is 8. The average Bonchev–Trinajstić information content (AvgIpc) is 2.75. The number of para-hydroxylation sites is 1. The molecule has 0 aliphatic carbocycles. The highest BCUT2D eigenvalue weighted by Crippen LogP contribution is 2.14. The van der Waals surface area contributed by atoms with Crippen molar-refractivity contribution in [2.24, 2.45) is 0 Å². The maximum Gasteiger partial charge on any atom is 0.338 e. The zero-order valence-corrected chi connectivity index (χ0v) is 17.2. The summed E-state index contributed by atoms with van der Waals surface area (Å²) >= 11 is 0. The van der Waals surface area contributed by atoms with Gasteiger partial charge in [0.05, 0.1) is 22.2 Å². The van der Waals surface area contributed by atoms with Gasteiger partial charge in [0.1, 0.15) is 5.82 Å². The van der Waals surface area contributed by atoms with Crippen LogP contribution in [0.4, 0.5) is 0 Å². The van der Waals surface area contributed by atoms with Crippen LogP contribution >= 0.6 is 0 Å². The van der Waals surface area contributed by atoms with Crippen LogP contribution in [0, 0.1) is 6.92 Å². The fraction of sp³-hybridized carbons (Fsp3) is 0.304. The van der Waals surface area contributed by atoms with E-state index in [9.17, 15) is 14.4 Å². The van der Waals surface area contributed by atoms with E-state index in [-0.39, 0.29) is 18.1 Å². The SMILES string of the molecule is CCCCCNC(=O)COC(=O)c1ccc(-n2c(C)nc3ccccc3c2=O)cc1. The van der Waals surface area contributed by atoms with Crippen molar-refractivity contribution in [2.45, 2.75) is 33.1 Å². The number of unbranched alkanes of at least 4 members (excludes halogenated alkanes) is 2. The number of carbonyl (C=O) groups is 2.